The summed E-state index contributed by atoms with van der Waals surface area (Å²) in [6, 6.07) is -3.24. The third-order valence-corrected chi connectivity index (χ3v) is 8.21. The normalized spacial score (nSPS) is 22.6. The van der Waals surface area contributed by atoms with Crippen LogP contribution in [0.1, 0.15) is 69.2 Å². The van der Waals surface area contributed by atoms with Crippen LogP contribution >= 0.6 is 0 Å². The van der Waals surface area contributed by atoms with Crippen molar-refractivity contribution in [2.24, 2.45) is 34.0 Å². The molecule has 41 heavy (non-hydrogen) atoms. The van der Waals surface area contributed by atoms with Crippen molar-refractivity contribution in [2.45, 2.75) is 87.4 Å². The van der Waals surface area contributed by atoms with Crippen molar-refractivity contribution in [1.82, 2.24) is 26.2 Å². The number of piperidine rings is 1. The summed E-state index contributed by atoms with van der Waals surface area (Å²) in [6.45, 7) is 22.0. The van der Waals surface area contributed by atoms with E-state index in [9.17, 15) is 28.8 Å². The Morgan fingerprint density at radius 3 is 2.05 bits per heavy atom. The van der Waals surface area contributed by atoms with Crippen LogP contribution < -0.4 is 21.3 Å². The minimum absolute atomic E-state index is 0.0814. The molecule has 0 aromatic carbocycles. The Morgan fingerprint density at radius 1 is 0.976 bits per heavy atom. The third kappa shape index (κ3) is 7.74. The summed E-state index contributed by atoms with van der Waals surface area (Å²) in [5.74, 6) is -2.91. The van der Waals surface area contributed by atoms with Gasteiger partial charge >= 0.3 is 6.03 Å². The summed E-state index contributed by atoms with van der Waals surface area (Å²) in [5, 5.41) is 10.5. The Kier molecular flexibility index (Phi) is 10.2. The van der Waals surface area contributed by atoms with E-state index in [1.807, 2.05) is 48.5 Å². The molecule has 2 aliphatic rings. The fraction of sp³-hybridized carbons (Fsp3) is 0.733. The lowest BCUT2D eigenvalue weighted by atomic mass is 9.82. The van der Waals surface area contributed by atoms with Crippen LogP contribution in [-0.4, -0.2) is 78.0 Å². The Labute approximate surface area is 244 Å². The highest BCUT2D eigenvalue weighted by Gasteiger charge is 2.69. The molecule has 11 nitrogen and oxygen atoms in total. The van der Waals surface area contributed by atoms with Gasteiger partial charge in [-0.15, -0.1) is 6.58 Å². The number of urea groups is 1. The molecular formula is C30H49N5O6. The summed E-state index contributed by atoms with van der Waals surface area (Å²) < 4.78 is 0. The second-order valence-corrected chi connectivity index (χ2v) is 14.3. The quantitative estimate of drug-likeness (QED) is 0.218. The van der Waals surface area contributed by atoms with Crippen molar-refractivity contribution in [2.75, 3.05) is 19.6 Å². The number of fused-ring (bicyclic) bond motifs is 1. The van der Waals surface area contributed by atoms with Gasteiger partial charge < -0.3 is 26.2 Å². The maximum atomic E-state index is 14.0. The van der Waals surface area contributed by atoms with Crippen LogP contribution in [0, 0.1) is 34.0 Å². The highest BCUT2D eigenvalue weighted by Crippen LogP contribution is 2.65. The van der Waals surface area contributed by atoms with Crippen LogP contribution in [0.2, 0.25) is 0 Å². The van der Waals surface area contributed by atoms with Crippen molar-refractivity contribution in [3.05, 3.63) is 12.7 Å². The van der Waals surface area contributed by atoms with E-state index in [0.717, 1.165) is 0 Å². The van der Waals surface area contributed by atoms with Gasteiger partial charge in [-0.05, 0) is 28.6 Å². The lowest BCUT2D eigenvalue weighted by Gasteiger charge is -2.38. The average molecular weight is 576 g/mol. The molecule has 4 N–H and O–H groups in total. The molecular weight excluding hydrogens is 526 g/mol. The molecule has 5 amide bonds. The predicted molar refractivity (Wildman–Crippen MR) is 155 cm³/mol. The van der Waals surface area contributed by atoms with Gasteiger partial charge in [0, 0.05) is 18.5 Å². The molecule has 2 fully saturated rings. The molecule has 0 aromatic heterocycles. The molecule has 1 saturated heterocycles. The molecule has 1 aliphatic carbocycles. The fourth-order valence-electron chi connectivity index (χ4n) is 5.56. The van der Waals surface area contributed by atoms with Gasteiger partial charge in [0.1, 0.15) is 12.1 Å². The highest BCUT2D eigenvalue weighted by molar-refractivity contribution is 6.37. The molecule has 1 aliphatic heterocycles. The number of hydrogen-bond donors (Lipinski definition) is 4. The zero-order valence-corrected chi connectivity index (χ0v) is 26.3. The van der Waals surface area contributed by atoms with Gasteiger partial charge in [0.15, 0.2) is 5.78 Å². The summed E-state index contributed by atoms with van der Waals surface area (Å²) in [6.07, 6.45) is 1.44. The molecule has 230 valence electrons. The maximum Gasteiger partial charge on any atom is 0.316 e. The number of carbonyl (C=O) groups is 6. The minimum atomic E-state index is -0.998. The number of hydrogen-bond acceptors (Lipinski definition) is 6. The lowest BCUT2D eigenvalue weighted by molar-refractivity contribution is -0.144. The molecule has 0 unspecified atom stereocenters. The van der Waals surface area contributed by atoms with E-state index in [1.54, 1.807) is 20.8 Å². The summed E-state index contributed by atoms with van der Waals surface area (Å²) in [5.41, 5.74) is -1.57. The Bertz CT molecular complexity index is 1080. The van der Waals surface area contributed by atoms with E-state index in [1.165, 1.54) is 11.0 Å². The molecule has 5 atom stereocenters. The summed E-state index contributed by atoms with van der Waals surface area (Å²) >= 11 is 0. The van der Waals surface area contributed by atoms with Gasteiger partial charge in [0.25, 0.3) is 5.91 Å². The minimum Gasteiger partial charge on any atom is -0.347 e. The van der Waals surface area contributed by atoms with Crippen LogP contribution in [0.3, 0.4) is 0 Å². The number of Topliss-reactive ketones (excluding diaryl/α,β-unsaturated/α-hetero) is 2. The SMILES string of the molecule is C=CCNC(=O)C(=O)CNC(=O)[C@@H]1[C@@H]2[C@H](CN1C(=O)[C@@H](NC(=O)N[C@H](C(=O)C(C)(C)C)C(C)C)C(C)(C)C)C2(C)C. The van der Waals surface area contributed by atoms with Gasteiger partial charge in [-0.2, -0.15) is 0 Å². The number of carbonyl (C=O) groups excluding carboxylic acids is 6. The van der Waals surface area contributed by atoms with Gasteiger partial charge in [-0.1, -0.05) is 75.3 Å². The van der Waals surface area contributed by atoms with Crippen molar-refractivity contribution < 1.29 is 28.8 Å². The Morgan fingerprint density at radius 2 is 1.56 bits per heavy atom. The second kappa shape index (κ2) is 12.3. The fourth-order valence-corrected chi connectivity index (χ4v) is 5.56. The van der Waals surface area contributed by atoms with Crippen LogP contribution in [0.4, 0.5) is 4.79 Å². The predicted octanol–water partition coefficient (Wildman–Crippen LogP) is 1.81. The lowest BCUT2D eigenvalue weighted by Crippen LogP contribution is -2.62. The number of rotatable bonds is 11. The first-order chi connectivity index (χ1) is 18.7. The van der Waals surface area contributed by atoms with Crippen molar-refractivity contribution in [1.29, 1.82) is 0 Å². The van der Waals surface area contributed by atoms with Crippen molar-refractivity contribution in [3.8, 4) is 0 Å². The number of likely N-dealkylation sites (tertiary alicyclic amines) is 1. The molecule has 2 rings (SSSR count). The van der Waals surface area contributed by atoms with Crippen LogP contribution in [-0.2, 0) is 24.0 Å². The molecule has 1 heterocycles. The monoisotopic (exact) mass is 575 g/mol. The first-order valence-electron chi connectivity index (χ1n) is 14.3. The maximum absolute atomic E-state index is 14.0. The van der Waals surface area contributed by atoms with Gasteiger partial charge in [0.2, 0.25) is 17.6 Å². The summed E-state index contributed by atoms with van der Waals surface area (Å²) in [7, 11) is 0. The topological polar surface area (TPSA) is 154 Å². The third-order valence-electron chi connectivity index (χ3n) is 8.21. The van der Waals surface area contributed by atoms with E-state index < -0.39 is 65.0 Å². The van der Waals surface area contributed by atoms with Gasteiger partial charge in [-0.3, -0.25) is 24.0 Å². The number of ketones is 2. The number of nitrogens with one attached hydrogen (secondary N) is 4. The van der Waals surface area contributed by atoms with Crippen molar-refractivity contribution >= 4 is 35.3 Å². The van der Waals surface area contributed by atoms with E-state index in [0.29, 0.717) is 6.54 Å². The zero-order chi connectivity index (χ0) is 31.7. The highest BCUT2D eigenvalue weighted by atomic mass is 16.2. The standard InChI is InChI=1S/C30H49N5O6/c1-12-13-31-24(38)18(36)14-32-25(39)21-19-17(30(19,10)11)15-35(21)26(40)22(28(4,5)6)34-27(41)33-20(16(2)3)23(37)29(7,8)9/h12,16-17,19-22H,1,13-15H2,2-11H3,(H,31,38)(H,32,39)(H2,33,34,41)/t17-,19-,20-,21-,22+/m0/s1. The van der Waals surface area contributed by atoms with Crippen LogP contribution in [0.15, 0.2) is 12.7 Å². The van der Waals surface area contributed by atoms with E-state index in [2.05, 4.69) is 27.8 Å². The first-order valence-corrected chi connectivity index (χ1v) is 14.3. The molecule has 0 spiro atoms. The average Bonchev–Trinajstić information content (AvgIpc) is 3.17. The van der Waals surface area contributed by atoms with E-state index in [4.69, 9.17) is 0 Å². The van der Waals surface area contributed by atoms with Gasteiger partial charge in [-0.25, -0.2) is 4.79 Å². The van der Waals surface area contributed by atoms with E-state index >= 15 is 0 Å². The van der Waals surface area contributed by atoms with Gasteiger partial charge in [0.05, 0.1) is 12.6 Å². The molecule has 1 saturated carbocycles. The largest absolute Gasteiger partial charge is 0.347 e. The molecule has 0 radical (unpaired) electrons. The second-order valence-electron chi connectivity index (χ2n) is 14.3. The Hall–Kier alpha value is -3.24. The molecule has 11 heteroatoms. The van der Waals surface area contributed by atoms with Crippen molar-refractivity contribution in [3.63, 3.8) is 0 Å². The smallest absolute Gasteiger partial charge is 0.316 e. The van der Waals surface area contributed by atoms with E-state index in [-0.39, 0.29) is 35.5 Å². The molecule has 0 bridgehead atoms. The number of nitrogens with zero attached hydrogens (tertiary/aromatic N) is 1. The molecule has 0 aromatic rings. The zero-order valence-electron chi connectivity index (χ0n) is 26.3. The summed E-state index contributed by atoms with van der Waals surface area (Å²) in [4.78, 5) is 79.1. The Balaban J connectivity index is 2.23. The van der Waals surface area contributed by atoms with Crippen LogP contribution in [0.5, 0.6) is 0 Å². The number of amides is 5. The van der Waals surface area contributed by atoms with Crippen LogP contribution in [0.25, 0.3) is 0 Å². The first kappa shape index (κ1) is 34.0.